The van der Waals surface area contributed by atoms with Crippen molar-refractivity contribution in [2.75, 3.05) is 0 Å². The maximum absolute atomic E-state index is 12.4. The Morgan fingerprint density at radius 1 is 1.17 bits per heavy atom. The van der Waals surface area contributed by atoms with Crippen molar-refractivity contribution in [1.29, 1.82) is 0 Å². The highest BCUT2D eigenvalue weighted by Crippen LogP contribution is 2.42. The van der Waals surface area contributed by atoms with Gasteiger partial charge in [-0.1, -0.05) is 31.0 Å². The number of hydrogen-bond acceptors (Lipinski definition) is 4. The van der Waals surface area contributed by atoms with Crippen LogP contribution in [0, 0.1) is 0 Å². The van der Waals surface area contributed by atoms with Gasteiger partial charge in [0.05, 0.1) is 15.5 Å². The van der Waals surface area contributed by atoms with Gasteiger partial charge in [-0.2, -0.15) is 0 Å². The molecule has 1 aromatic carbocycles. The van der Waals surface area contributed by atoms with Gasteiger partial charge in [0.1, 0.15) is 0 Å². The summed E-state index contributed by atoms with van der Waals surface area (Å²) in [5.74, 6) is -0.0989. The van der Waals surface area contributed by atoms with E-state index < -0.39 is 9.84 Å². The molecule has 1 fully saturated rings. The van der Waals surface area contributed by atoms with Gasteiger partial charge in [0.25, 0.3) is 5.91 Å². The molecule has 2 aromatic rings. The number of hydrogen-bond donors (Lipinski definition) is 1. The van der Waals surface area contributed by atoms with E-state index >= 15 is 0 Å². The molecule has 0 radical (unpaired) electrons. The lowest BCUT2D eigenvalue weighted by molar-refractivity contribution is 0.0942. The Kier molecular flexibility index (Phi) is 3.54. The van der Waals surface area contributed by atoms with Gasteiger partial charge in [-0.3, -0.25) is 4.79 Å². The second-order valence-corrected chi connectivity index (χ2v) is 9.19. The minimum atomic E-state index is -3.32. The lowest BCUT2D eigenvalue weighted by Crippen LogP contribution is -2.31. The molecule has 0 spiro atoms. The normalized spacial score (nSPS) is 19.1. The number of thiophene rings is 1. The van der Waals surface area contributed by atoms with E-state index in [1.807, 2.05) is 12.1 Å². The van der Waals surface area contributed by atoms with Gasteiger partial charge >= 0.3 is 0 Å². The van der Waals surface area contributed by atoms with Crippen LogP contribution in [0.4, 0.5) is 0 Å². The lowest BCUT2D eigenvalue weighted by atomic mass is 10.1. The summed E-state index contributed by atoms with van der Waals surface area (Å²) in [6, 6.07) is 9.05. The molecule has 0 bridgehead atoms. The summed E-state index contributed by atoms with van der Waals surface area (Å²) < 4.78 is 24.8. The van der Waals surface area contributed by atoms with Gasteiger partial charge in [0.15, 0.2) is 9.84 Å². The summed E-state index contributed by atoms with van der Waals surface area (Å²) in [6.07, 6.45) is 4.40. The molecule has 23 heavy (non-hydrogen) atoms. The summed E-state index contributed by atoms with van der Waals surface area (Å²) in [4.78, 5) is 14.3. The fourth-order valence-corrected chi connectivity index (χ4v) is 6.27. The Morgan fingerprint density at radius 2 is 1.91 bits per heavy atom. The van der Waals surface area contributed by atoms with E-state index in [0.717, 1.165) is 41.7 Å². The van der Waals surface area contributed by atoms with Crippen LogP contribution in [0.1, 0.15) is 40.9 Å². The standard InChI is InChI=1S/C17H17NO3S2/c19-17(18-12-5-1-2-6-12)14-9-11-10-23(20,21)15-8-4-3-7-13(15)16(11)22-14/h3-4,7-9,12H,1-2,5-6,10H2,(H,18,19). The molecule has 4 rings (SSSR count). The first-order chi connectivity index (χ1) is 11.0. The number of rotatable bonds is 2. The topological polar surface area (TPSA) is 63.2 Å². The zero-order valence-electron chi connectivity index (χ0n) is 12.5. The van der Waals surface area contributed by atoms with Crippen LogP contribution < -0.4 is 5.32 Å². The van der Waals surface area contributed by atoms with Crippen molar-refractivity contribution in [3.8, 4) is 10.4 Å². The fourth-order valence-electron chi connectivity index (χ4n) is 3.41. The highest BCUT2D eigenvalue weighted by Gasteiger charge is 2.30. The van der Waals surface area contributed by atoms with E-state index in [2.05, 4.69) is 5.32 Å². The minimum absolute atomic E-state index is 0.0213. The molecule has 0 unspecified atom stereocenters. The Bertz CT molecular complexity index is 877. The van der Waals surface area contributed by atoms with Gasteiger partial charge in [-0.05, 0) is 30.5 Å². The van der Waals surface area contributed by atoms with E-state index in [1.54, 1.807) is 18.2 Å². The molecule has 1 saturated carbocycles. The summed E-state index contributed by atoms with van der Waals surface area (Å²) in [5, 5.41) is 3.07. The Hall–Kier alpha value is -1.66. The average molecular weight is 347 g/mol. The maximum atomic E-state index is 12.4. The Labute approximate surface area is 139 Å². The van der Waals surface area contributed by atoms with E-state index in [0.29, 0.717) is 9.77 Å². The number of carbonyl (C=O) groups is 1. The molecule has 0 atom stereocenters. The highest BCUT2D eigenvalue weighted by atomic mass is 32.2. The van der Waals surface area contributed by atoms with E-state index in [9.17, 15) is 13.2 Å². The number of carbonyl (C=O) groups excluding carboxylic acids is 1. The summed E-state index contributed by atoms with van der Waals surface area (Å²) >= 11 is 1.39. The van der Waals surface area contributed by atoms with Crippen molar-refractivity contribution in [2.45, 2.75) is 42.4 Å². The van der Waals surface area contributed by atoms with Gasteiger partial charge in [-0.25, -0.2) is 8.42 Å². The van der Waals surface area contributed by atoms with Crippen LogP contribution in [0.15, 0.2) is 35.2 Å². The number of fused-ring (bicyclic) bond motifs is 3. The maximum Gasteiger partial charge on any atom is 0.261 e. The first-order valence-corrected chi connectivity index (χ1v) is 10.3. The largest absolute Gasteiger partial charge is 0.349 e. The molecule has 120 valence electrons. The molecule has 1 aliphatic carbocycles. The molecule has 1 aliphatic heterocycles. The number of nitrogens with one attached hydrogen (secondary N) is 1. The van der Waals surface area contributed by atoms with Crippen LogP contribution in [-0.4, -0.2) is 20.4 Å². The third kappa shape index (κ3) is 2.60. The van der Waals surface area contributed by atoms with Crippen molar-refractivity contribution in [3.63, 3.8) is 0 Å². The SMILES string of the molecule is O=C(NC1CCCC1)c1cc2c(s1)-c1ccccc1S(=O)(=O)C2. The predicted molar refractivity (Wildman–Crippen MR) is 90.4 cm³/mol. The van der Waals surface area contributed by atoms with Crippen LogP contribution in [0.25, 0.3) is 10.4 Å². The van der Waals surface area contributed by atoms with Crippen molar-refractivity contribution in [1.82, 2.24) is 5.32 Å². The van der Waals surface area contributed by atoms with Crippen molar-refractivity contribution < 1.29 is 13.2 Å². The van der Waals surface area contributed by atoms with E-state index in [-0.39, 0.29) is 17.7 Å². The average Bonchev–Trinajstić information content (AvgIpc) is 3.16. The van der Waals surface area contributed by atoms with Gasteiger partial charge in [-0.15, -0.1) is 11.3 Å². The number of sulfone groups is 1. The summed E-state index contributed by atoms with van der Waals surface area (Å²) in [6.45, 7) is 0. The second kappa shape index (κ2) is 5.46. The molecule has 1 N–H and O–H groups in total. The van der Waals surface area contributed by atoms with Crippen molar-refractivity contribution in [3.05, 3.63) is 40.8 Å². The van der Waals surface area contributed by atoms with Crippen molar-refractivity contribution in [2.24, 2.45) is 0 Å². The summed E-state index contributed by atoms with van der Waals surface area (Å²) in [7, 11) is -3.32. The monoisotopic (exact) mass is 347 g/mol. The second-order valence-electron chi connectivity index (χ2n) is 6.18. The third-order valence-corrected chi connectivity index (χ3v) is 7.46. The smallest absolute Gasteiger partial charge is 0.261 e. The summed E-state index contributed by atoms with van der Waals surface area (Å²) in [5.41, 5.74) is 1.46. The van der Waals surface area contributed by atoms with Crippen LogP contribution in [-0.2, 0) is 15.6 Å². The van der Waals surface area contributed by atoms with Gasteiger partial charge in [0.2, 0.25) is 0 Å². The van der Waals surface area contributed by atoms with E-state index in [4.69, 9.17) is 0 Å². The highest BCUT2D eigenvalue weighted by molar-refractivity contribution is 7.91. The van der Waals surface area contributed by atoms with Crippen LogP contribution in [0.3, 0.4) is 0 Å². The molecular formula is C17H17NO3S2. The van der Waals surface area contributed by atoms with Gasteiger partial charge in [0, 0.05) is 16.5 Å². The molecule has 2 aliphatic rings. The van der Waals surface area contributed by atoms with Crippen LogP contribution in [0.2, 0.25) is 0 Å². The van der Waals surface area contributed by atoms with Gasteiger partial charge < -0.3 is 5.32 Å². The zero-order chi connectivity index (χ0) is 16.0. The molecule has 1 amide bonds. The first kappa shape index (κ1) is 14.9. The molecule has 4 nitrogen and oxygen atoms in total. The third-order valence-electron chi connectivity index (χ3n) is 4.54. The zero-order valence-corrected chi connectivity index (χ0v) is 14.2. The van der Waals surface area contributed by atoms with Crippen LogP contribution >= 0.6 is 11.3 Å². The quantitative estimate of drug-likeness (QED) is 0.906. The lowest BCUT2D eigenvalue weighted by Gasteiger charge is -2.15. The number of benzene rings is 1. The molecule has 2 heterocycles. The molecule has 6 heteroatoms. The van der Waals surface area contributed by atoms with E-state index in [1.165, 1.54) is 11.3 Å². The number of amides is 1. The van der Waals surface area contributed by atoms with Crippen LogP contribution in [0.5, 0.6) is 0 Å². The first-order valence-electron chi connectivity index (χ1n) is 7.80. The molecule has 0 saturated heterocycles. The predicted octanol–water partition coefficient (Wildman–Crippen LogP) is 3.37. The Morgan fingerprint density at radius 3 is 2.70 bits per heavy atom. The van der Waals surface area contributed by atoms with Crippen molar-refractivity contribution >= 4 is 27.1 Å². The Balaban J connectivity index is 1.71. The fraction of sp³-hybridized carbons (Fsp3) is 0.353. The minimum Gasteiger partial charge on any atom is -0.349 e. The molecule has 1 aromatic heterocycles. The molecular weight excluding hydrogens is 330 g/mol.